The van der Waals surface area contributed by atoms with E-state index in [2.05, 4.69) is 15.6 Å². The molecular weight excluding hydrogens is 410 g/mol. The van der Waals surface area contributed by atoms with Crippen molar-refractivity contribution < 1.29 is 19.1 Å². The van der Waals surface area contributed by atoms with E-state index < -0.39 is 0 Å². The van der Waals surface area contributed by atoms with Crippen LogP contribution in [0.25, 0.3) is 11.3 Å². The fraction of sp³-hybridized carbons (Fsp3) is 0.250. The maximum atomic E-state index is 12.5. The number of nitrogens with zero attached hydrogens (tertiary/aromatic N) is 1. The van der Waals surface area contributed by atoms with Gasteiger partial charge in [-0.3, -0.25) is 9.59 Å². The fourth-order valence-corrected chi connectivity index (χ4v) is 4.49. The number of aromatic nitrogens is 1. The summed E-state index contributed by atoms with van der Waals surface area (Å²) >= 11 is 2.85. The average molecular weight is 430 g/mol. The molecular formula is C20H19N3O4S2. The lowest BCUT2D eigenvalue weighted by Crippen LogP contribution is -2.29. The van der Waals surface area contributed by atoms with Crippen LogP contribution in [0.15, 0.2) is 41.1 Å². The van der Waals surface area contributed by atoms with Gasteiger partial charge >= 0.3 is 0 Å². The van der Waals surface area contributed by atoms with Gasteiger partial charge in [-0.05, 0) is 29.6 Å². The Kier molecular flexibility index (Phi) is 5.77. The topological polar surface area (TPSA) is 89.6 Å². The largest absolute Gasteiger partial charge is 0.486 e. The molecule has 1 aromatic carbocycles. The average Bonchev–Trinajstić information content (AvgIpc) is 3.39. The summed E-state index contributed by atoms with van der Waals surface area (Å²) in [4.78, 5) is 29.4. The normalized spacial score (nSPS) is 13.6. The highest BCUT2D eigenvalue weighted by Gasteiger charge is 2.19. The van der Waals surface area contributed by atoms with Gasteiger partial charge in [-0.1, -0.05) is 6.07 Å². The second-order valence-corrected chi connectivity index (χ2v) is 8.25. The van der Waals surface area contributed by atoms with E-state index in [1.54, 1.807) is 0 Å². The van der Waals surface area contributed by atoms with Crippen LogP contribution in [0.5, 0.6) is 11.5 Å². The third-order valence-corrected chi connectivity index (χ3v) is 5.99. The molecule has 3 heterocycles. The van der Waals surface area contributed by atoms with Gasteiger partial charge in [0.1, 0.15) is 13.2 Å². The van der Waals surface area contributed by atoms with Crippen LogP contribution in [-0.2, 0) is 9.59 Å². The minimum absolute atomic E-state index is 0.138. The van der Waals surface area contributed by atoms with Crippen molar-refractivity contribution in [3.8, 4) is 22.8 Å². The number of hydrogen-bond donors (Lipinski definition) is 2. The predicted octanol–water partition coefficient (Wildman–Crippen LogP) is 3.85. The molecule has 0 aliphatic carbocycles. The molecule has 2 aromatic heterocycles. The molecule has 150 valence electrons. The van der Waals surface area contributed by atoms with E-state index in [4.69, 9.17) is 9.47 Å². The minimum Gasteiger partial charge on any atom is -0.486 e. The first-order valence-electron chi connectivity index (χ1n) is 9.04. The van der Waals surface area contributed by atoms with Gasteiger partial charge in [0.05, 0.1) is 18.2 Å². The van der Waals surface area contributed by atoms with E-state index in [0.717, 1.165) is 21.9 Å². The number of thiophene rings is 1. The van der Waals surface area contributed by atoms with Crippen molar-refractivity contribution in [2.24, 2.45) is 0 Å². The van der Waals surface area contributed by atoms with E-state index >= 15 is 0 Å². The van der Waals surface area contributed by atoms with Gasteiger partial charge in [-0.25, -0.2) is 4.98 Å². The lowest BCUT2D eigenvalue weighted by atomic mass is 10.1. The van der Waals surface area contributed by atoms with Gasteiger partial charge in [0, 0.05) is 22.7 Å². The number of carbonyl (C=O) groups excluding carboxylic acids is 2. The number of hydrogen-bond acceptors (Lipinski definition) is 7. The monoisotopic (exact) mass is 429 g/mol. The second-order valence-electron chi connectivity index (χ2n) is 6.42. The molecule has 0 radical (unpaired) electrons. The highest BCUT2D eigenvalue weighted by Crippen LogP contribution is 2.35. The van der Waals surface area contributed by atoms with Crippen molar-refractivity contribution in [3.63, 3.8) is 0 Å². The van der Waals surface area contributed by atoms with Gasteiger partial charge in [0.25, 0.3) is 0 Å². The summed E-state index contributed by atoms with van der Waals surface area (Å²) in [6.45, 7) is 2.51. The Morgan fingerprint density at radius 1 is 1.17 bits per heavy atom. The zero-order valence-corrected chi connectivity index (χ0v) is 17.3. The third-order valence-electron chi connectivity index (χ3n) is 4.24. The number of nitrogens with one attached hydrogen (secondary N) is 2. The number of fused-ring (bicyclic) bond motifs is 1. The number of amides is 2. The molecule has 0 spiro atoms. The van der Waals surface area contributed by atoms with Gasteiger partial charge in [-0.2, -0.15) is 0 Å². The molecule has 0 saturated heterocycles. The molecule has 7 nitrogen and oxygen atoms in total. The SMILES string of the molecule is CC(=O)N[C@H](CC(=O)Nc1nc(-c2ccc3c(c2)OCCO3)cs1)c1cccs1. The Hall–Kier alpha value is -2.91. The quantitative estimate of drug-likeness (QED) is 0.621. The van der Waals surface area contributed by atoms with E-state index in [1.165, 1.54) is 29.6 Å². The summed E-state index contributed by atoms with van der Waals surface area (Å²) in [7, 11) is 0. The molecule has 0 saturated carbocycles. The summed E-state index contributed by atoms with van der Waals surface area (Å²) in [6, 6.07) is 9.11. The highest BCUT2D eigenvalue weighted by atomic mass is 32.1. The van der Waals surface area contributed by atoms with Crippen LogP contribution in [0.3, 0.4) is 0 Å². The first-order chi connectivity index (χ1) is 14.1. The predicted molar refractivity (Wildman–Crippen MR) is 113 cm³/mol. The maximum absolute atomic E-state index is 12.5. The van der Waals surface area contributed by atoms with Gasteiger partial charge < -0.3 is 20.1 Å². The van der Waals surface area contributed by atoms with Crippen LogP contribution in [0.1, 0.15) is 24.3 Å². The number of anilines is 1. The Balaban J connectivity index is 1.43. The molecule has 1 aliphatic rings. The van der Waals surface area contributed by atoms with E-state index in [0.29, 0.717) is 24.1 Å². The van der Waals surface area contributed by atoms with Crippen LogP contribution in [-0.4, -0.2) is 30.0 Å². The molecule has 2 N–H and O–H groups in total. The van der Waals surface area contributed by atoms with Crippen molar-refractivity contribution in [1.82, 2.24) is 10.3 Å². The van der Waals surface area contributed by atoms with Crippen LogP contribution >= 0.6 is 22.7 Å². The number of carbonyl (C=O) groups is 2. The summed E-state index contributed by atoms with van der Waals surface area (Å²) in [5.41, 5.74) is 1.64. The smallest absolute Gasteiger partial charge is 0.228 e. The number of ether oxygens (including phenoxy) is 2. The zero-order valence-electron chi connectivity index (χ0n) is 15.6. The molecule has 3 aromatic rings. The highest BCUT2D eigenvalue weighted by molar-refractivity contribution is 7.14. The Morgan fingerprint density at radius 3 is 2.76 bits per heavy atom. The Labute approximate surface area is 175 Å². The van der Waals surface area contributed by atoms with E-state index in [-0.39, 0.29) is 24.3 Å². The molecule has 4 rings (SSSR count). The minimum atomic E-state index is -0.357. The summed E-state index contributed by atoms with van der Waals surface area (Å²) in [5.74, 6) is 1.04. The van der Waals surface area contributed by atoms with Crippen LogP contribution in [0.4, 0.5) is 5.13 Å². The maximum Gasteiger partial charge on any atom is 0.228 e. The standard InChI is InChI=1S/C20H19N3O4S2/c1-12(24)21-14(18-3-2-8-28-18)10-19(25)23-20-22-15(11-29-20)13-4-5-16-17(9-13)27-7-6-26-16/h2-5,8-9,11,14H,6-7,10H2,1H3,(H,21,24)(H,22,23,25)/t14-/m1/s1. The zero-order chi connectivity index (χ0) is 20.2. The molecule has 2 amide bonds. The van der Waals surface area contributed by atoms with E-state index in [1.807, 2.05) is 41.1 Å². The lowest BCUT2D eigenvalue weighted by Gasteiger charge is -2.18. The number of benzene rings is 1. The Morgan fingerprint density at radius 2 is 2.00 bits per heavy atom. The van der Waals surface area contributed by atoms with Crippen LogP contribution in [0, 0.1) is 0 Å². The van der Waals surface area contributed by atoms with Gasteiger partial charge in [-0.15, -0.1) is 22.7 Å². The lowest BCUT2D eigenvalue weighted by molar-refractivity contribution is -0.120. The fourth-order valence-electron chi connectivity index (χ4n) is 2.98. The molecule has 0 fully saturated rings. The first kappa shape index (κ1) is 19.4. The summed E-state index contributed by atoms with van der Waals surface area (Å²) < 4.78 is 11.2. The molecule has 0 bridgehead atoms. The number of thiazole rings is 1. The van der Waals surface area contributed by atoms with Crippen molar-refractivity contribution in [1.29, 1.82) is 0 Å². The molecule has 0 unspecified atom stereocenters. The van der Waals surface area contributed by atoms with Crippen LogP contribution < -0.4 is 20.1 Å². The van der Waals surface area contributed by atoms with Crippen LogP contribution in [0.2, 0.25) is 0 Å². The Bertz CT molecular complexity index is 1020. The van der Waals surface area contributed by atoms with Crippen molar-refractivity contribution in [2.75, 3.05) is 18.5 Å². The van der Waals surface area contributed by atoms with Crippen molar-refractivity contribution in [3.05, 3.63) is 46.0 Å². The van der Waals surface area contributed by atoms with E-state index in [9.17, 15) is 9.59 Å². The molecule has 1 atom stereocenters. The molecule has 9 heteroatoms. The van der Waals surface area contributed by atoms with Gasteiger partial charge in [0.2, 0.25) is 11.8 Å². The number of rotatable bonds is 6. The first-order valence-corrected chi connectivity index (χ1v) is 10.8. The molecule has 1 aliphatic heterocycles. The van der Waals surface area contributed by atoms with Crippen molar-refractivity contribution >= 4 is 39.6 Å². The summed E-state index contributed by atoms with van der Waals surface area (Å²) in [6.07, 6.45) is 0.138. The third kappa shape index (κ3) is 4.75. The second kappa shape index (κ2) is 8.62. The molecule has 29 heavy (non-hydrogen) atoms. The summed E-state index contributed by atoms with van der Waals surface area (Å²) in [5, 5.41) is 9.96. The van der Waals surface area contributed by atoms with Crippen molar-refractivity contribution in [2.45, 2.75) is 19.4 Å². The van der Waals surface area contributed by atoms with Gasteiger partial charge in [0.15, 0.2) is 16.6 Å².